The van der Waals surface area contributed by atoms with Crippen molar-refractivity contribution in [2.75, 3.05) is 60.5 Å². The van der Waals surface area contributed by atoms with Crippen molar-refractivity contribution in [3.63, 3.8) is 0 Å². The van der Waals surface area contributed by atoms with Gasteiger partial charge >= 0.3 is 0 Å². The molecule has 0 unspecified atom stereocenters. The first-order chi connectivity index (χ1) is 23.0. The van der Waals surface area contributed by atoms with E-state index in [2.05, 4.69) is 71.8 Å². The molecule has 17 nitrogen and oxygen atoms in total. The Morgan fingerprint density at radius 3 is 1.60 bits per heavy atom. The quantitative estimate of drug-likeness (QED) is 0.124. The Morgan fingerprint density at radius 2 is 1.17 bits per heavy atom. The summed E-state index contributed by atoms with van der Waals surface area (Å²) in [6, 6.07) is 5.58. The van der Waals surface area contributed by atoms with Gasteiger partial charge in [0.2, 0.25) is 0 Å². The van der Waals surface area contributed by atoms with Crippen molar-refractivity contribution >= 4 is 40.8 Å². The number of nitrogens with one attached hydrogen (secondary N) is 6. The molecule has 8 N–H and O–H groups in total. The van der Waals surface area contributed by atoms with Gasteiger partial charge < -0.3 is 37.6 Å². The molecule has 0 aliphatic carbocycles. The second-order valence-corrected chi connectivity index (χ2v) is 11.0. The number of nitrogens with zero attached hydrogens (tertiary/aromatic N) is 9. The van der Waals surface area contributed by atoms with Crippen molar-refractivity contribution in [2.24, 2.45) is 17.6 Å². The summed E-state index contributed by atoms with van der Waals surface area (Å²) in [4.78, 5) is 43.9. The average molecular weight is 639 g/mol. The van der Waals surface area contributed by atoms with Crippen LogP contribution in [0.3, 0.4) is 0 Å². The van der Waals surface area contributed by atoms with Crippen LogP contribution >= 0.6 is 0 Å². The van der Waals surface area contributed by atoms with Gasteiger partial charge in [0.1, 0.15) is 59.3 Å². The summed E-state index contributed by atoms with van der Waals surface area (Å²) >= 11 is 0. The van der Waals surface area contributed by atoms with Gasteiger partial charge in [-0.25, -0.2) is 39.9 Å². The fourth-order valence-corrected chi connectivity index (χ4v) is 4.95. The fourth-order valence-electron chi connectivity index (χ4n) is 4.95. The lowest BCUT2D eigenvalue weighted by atomic mass is 9.98. The lowest BCUT2D eigenvalue weighted by Crippen LogP contribution is -2.31. The Hall–Kier alpha value is -5.60. The van der Waals surface area contributed by atoms with E-state index in [1.54, 1.807) is 0 Å². The van der Waals surface area contributed by atoms with Crippen LogP contribution in [0.25, 0.3) is 0 Å². The Labute approximate surface area is 272 Å². The van der Waals surface area contributed by atoms with Crippen molar-refractivity contribution in [3.05, 3.63) is 61.0 Å². The van der Waals surface area contributed by atoms with Gasteiger partial charge in [-0.2, -0.15) is 5.26 Å². The number of amides is 1. The third-order valence-electron chi connectivity index (χ3n) is 7.58. The van der Waals surface area contributed by atoms with Crippen molar-refractivity contribution < 1.29 is 4.79 Å². The van der Waals surface area contributed by atoms with Crippen LogP contribution < -0.4 is 37.6 Å². The lowest BCUT2D eigenvalue weighted by molar-refractivity contribution is 0.0995. The molecule has 2 aliphatic rings. The van der Waals surface area contributed by atoms with E-state index < -0.39 is 5.91 Å². The first-order valence-corrected chi connectivity index (χ1v) is 15.5. The normalized spacial score (nSPS) is 15.0. The van der Waals surface area contributed by atoms with E-state index >= 15 is 0 Å². The number of hydrogen-bond donors (Lipinski definition) is 7. The number of piperidine rings is 2. The third kappa shape index (κ3) is 10.8. The molecule has 2 saturated heterocycles. The molecule has 4 aromatic heterocycles. The summed E-state index contributed by atoms with van der Waals surface area (Å²) in [5, 5.41) is 28.2. The van der Waals surface area contributed by atoms with Crippen LogP contribution in [0.5, 0.6) is 0 Å². The van der Waals surface area contributed by atoms with Gasteiger partial charge in [0, 0.05) is 25.2 Å². The smallest absolute Gasteiger partial charge is 0.268 e. The van der Waals surface area contributed by atoms with E-state index in [-0.39, 0.29) is 11.4 Å². The minimum atomic E-state index is -0.611. The van der Waals surface area contributed by atoms with Crippen LogP contribution in [-0.4, -0.2) is 85.0 Å². The maximum atomic E-state index is 11.0. The van der Waals surface area contributed by atoms with E-state index in [0.717, 1.165) is 50.9 Å². The van der Waals surface area contributed by atoms with Crippen molar-refractivity contribution in [1.29, 1.82) is 5.26 Å². The summed E-state index contributed by atoms with van der Waals surface area (Å²) in [5.41, 5.74) is 5.53. The number of carbonyl (C=O) groups excluding carboxylic acids is 1. The highest BCUT2D eigenvalue weighted by Crippen LogP contribution is 2.18. The van der Waals surface area contributed by atoms with Crippen LogP contribution in [0.15, 0.2) is 49.6 Å². The van der Waals surface area contributed by atoms with E-state index in [1.807, 2.05) is 18.2 Å². The van der Waals surface area contributed by atoms with Crippen LogP contribution in [0.2, 0.25) is 0 Å². The van der Waals surface area contributed by atoms with Crippen molar-refractivity contribution in [1.82, 2.24) is 50.5 Å². The molecule has 6 rings (SSSR count). The number of nitrogens with two attached hydrogens (primary N) is 1. The number of nitriles is 1. The Balaban J connectivity index is 0.000000185. The van der Waals surface area contributed by atoms with Crippen LogP contribution in [0.4, 0.5) is 34.9 Å². The zero-order valence-corrected chi connectivity index (χ0v) is 25.9. The number of anilines is 6. The van der Waals surface area contributed by atoms with E-state index in [4.69, 9.17) is 11.0 Å². The molecule has 0 atom stereocenters. The van der Waals surface area contributed by atoms with Crippen molar-refractivity contribution in [2.45, 2.75) is 25.7 Å². The minimum absolute atomic E-state index is 0.118. The second kappa shape index (κ2) is 17.2. The highest BCUT2D eigenvalue weighted by atomic mass is 16.1. The summed E-state index contributed by atoms with van der Waals surface area (Å²) in [7, 11) is 0. The van der Waals surface area contributed by atoms with E-state index in [1.165, 1.54) is 63.1 Å². The molecule has 0 saturated carbocycles. The average Bonchev–Trinajstić information content (AvgIpc) is 3.12. The van der Waals surface area contributed by atoms with Gasteiger partial charge in [-0.3, -0.25) is 4.79 Å². The molecule has 0 spiro atoms. The largest absolute Gasteiger partial charge is 0.370 e. The molecule has 0 bridgehead atoms. The summed E-state index contributed by atoms with van der Waals surface area (Å²) in [5.74, 6) is 4.49. The number of rotatable bonds is 11. The molecule has 47 heavy (non-hydrogen) atoms. The lowest BCUT2D eigenvalue weighted by Gasteiger charge is -2.22. The number of carbonyl (C=O) groups is 1. The third-order valence-corrected chi connectivity index (χ3v) is 7.58. The molecule has 244 valence electrons. The van der Waals surface area contributed by atoms with Crippen LogP contribution in [0, 0.1) is 23.2 Å². The van der Waals surface area contributed by atoms with Gasteiger partial charge in [0.05, 0.1) is 24.8 Å². The SMILES string of the molecule is N#Cc1cnc(Nc2cc(NCC3CCNCC3)ncn2)cn1.NC(=O)c1cnc(Nc2cc(NCC3CCNCC3)ncn2)cn1. The summed E-state index contributed by atoms with van der Waals surface area (Å²) < 4.78 is 0. The Bertz CT molecular complexity index is 1600. The monoisotopic (exact) mass is 638 g/mol. The van der Waals surface area contributed by atoms with Gasteiger partial charge in [-0.15, -0.1) is 0 Å². The van der Waals surface area contributed by atoms with E-state index in [0.29, 0.717) is 35.1 Å². The molecule has 2 aliphatic heterocycles. The van der Waals surface area contributed by atoms with Crippen LogP contribution in [0.1, 0.15) is 41.9 Å². The zero-order chi connectivity index (χ0) is 32.7. The topological polar surface area (TPSA) is 242 Å². The summed E-state index contributed by atoms with van der Waals surface area (Å²) in [6.45, 7) is 6.12. The standard InChI is InChI=1S/C15H20N8O.C15H18N8/c16-15(24)11-7-20-14(8-18-11)23-13-5-12(21-9-22-13)19-6-10-1-3-17-4-2-10;16-6-12-8-20-15(9-18-12)23-14-5-13(21-10-22-14)19-7-11-1-3-17-4-2-11/h5,7-10,17H,1-4,6H2,(H2,16,24)(H2,19,20,21,22,23);5,8-11,17H,1-4,7H2,(H2,19,20,21,22,23). The van der Waals surface area contributed by atoms with E-state index in [9.17, 15) is 4.79 Å². The molecule has 4 aromatic rings. The maximum absolute atomic E-state index is 11.0. The number of primary amides is 1. The molecule has 17 heteroatoms. The molecular weight excluding hydrogens is 600 g/mol. The van der Waals surface area contributed by atoms with Crippen LogP contribution in [-0.2, 0) is 0 Å². The predicted molar refractivity (Wildman–Crippen MR) is 176 cm³/mol. The maximum Gasteiger partial charge on any atom is 0.268 e. The van der Waals surface area contributed by atoms with Gasteiger partial charge in [-0.1, -0.05) is 0 Å². The molecule has 0 aromatic carbocycles. The zero-order valence-electron chi connectivity index (χ0n) is 25.9. The highest BCUT2D eigenvalue weighted by molar-refractivity contribution is 5.90. The Kier molecular flexibility index (Phi) is 12.0. The fraction of sp³-hybridized carbons (Fsp3) is 0.400. The Morgan fingerprint density at radius 1 is 0.681 bits per heavy atom. The van der Waals surface area contributed by atoms with Gasteiger partial charge in [-0.05, 0) is 63.7 Å². The molecule has 1 amide bonds. The predicted octanol–water partition coefficient (Wildman–Crippen LogP) is 1.81. The van der Waals surface area contributed by atoms with Crippen molar-refractivity contribution in [3.8, 4) is 6.07 Å². The minimum Gasteiger partial charge on any atom is -0.370 e. The van der Waals surface area contributed by atoms with Gasteiger partial charge in [0.15, 0.2) is 5.69 Å². The highest BCUT2D eigenvalue weighted by Gasteiger charge is 2.14. The number of hydrogen-bond acceptors (Lipinski definition) is 16. The number of aromatic nitrogens is 8. The molecule has 2 fully saturated rings. The van der Waals surface area contributed by atoms with Gasteiger partial charge in [0.25, 0.3) is 5.91 Å². The first-order valence-electron chi connectivity index (χ1n) is 15.5. The summed E-state index contributed by atoms with van der Waals surface area (Å²) in [6.07, 6.45) is 13.4. The molecule has 6 heterocycles. The first kappa shape index (κ1) is 32.8. The molecular formula is C30H38N16O. The second-order valence-electron chi connectivity index (χ2n) is 11.0. The molecule has 0 radical (unpaired) electrons.